The van der Waals surface area contributed by atoms with E-state index >= 15 is 0 Å². The number of nitrogens with one attached hydrogen (secondary N) is 1. The molecule has 1 aromatic rings. The fourth-order valence-corrected chi connectivity index (χ4v) is 3.05. The minimum Gasteiger partial charge on any atom is -0.352 e. The Labute approximate surface area is 138 Å². The lowest BCUT2D eigenvalue weighted by molar-refractivity contribution is -0.130. The smallest absolute Gasteiger partial charge is 0.252 e. The van der Waals surface area contributed by atoms with E-state index in [0.717, 1.165) is 32.2 Å². The summed E-state index contributed by atoms with van der Waals surface area (Å²) in [4.78, 5) is 25.7. The summed E-state index contributed by atoms with van der Waals surface area (Å²) in [7, 11) is 0. The highest BCUT2D eigenvalue weighted by molar-refractivity contribution is 9.10. The van der Waals surface area contributed by atoms with Crippen molar-refractivity contribution in [3.63, 3.8) is 0 Å². The lowest BCUT2D eigenvalue weighted by Gasteiger charge is -2.20. The van der Waals surface area contributed by atoms with Gasteiger partial charge in [-0.2, -0.15) is 0 Å². The number of carbonyl (C=O) groups excluding carboxylic acids is 2. The normalized spacial score (nSPS) is 15.5. The van der Waals surface area contributed by atoms with Gasteiger partial charge in [0.05, 0.1) is 5.56 Å². The van der Waals surface area contributed by atoms with E-state index in [-0.39, 0.29) is 17.6 Å². The first-order valence-corrected chi connectivity index (χ1v) is 8.38. The van der Waals surface area contributed by atoms with Crippen molar-refractivity contribution in [2.45, 2.75) is 32.1 Å². The summed E-state index contributed by atoms with van der Waals surface area (Å²) >= 11 is 3.18. The van der Waals surface area contributed by atoms with Crippen molar-refractivity contribution in [3.05, 3.63) is 34.1 Å². The van der Waals surface area contributed by atoms with E-state index in [9.17, 15) is 14.0 Å². The second-order valence-electron chi connectivity index (χ2n) is 5.43. The van der Waals surface area contributed by atoms with Gasteiger partial charge < -0.3 is 10.2 Å². The predicted molar refractivity (Wildman–Crippen MR) is 86.1 cm³/mol. The molecule has 1 heterocycles. The van der Waals surface area contributed by atoms with Crippen LogP contribution in [0.5, 0.6) is 0 Å². The quantitative estimate of drug-likeness (QED) is 0.809. The van der Waals surface area contributed by atoms with Gasteiger partial charge in [-0.3, -0.25) is 9.59 Å². The van der Waals surface area contributed by atoms with E-state index in [4.69, 9.17) is 0 Å². The molecule has 0 spiro atoms. The molecule has 1 fully saturated rings. The van der Waals surface area contributed by atoms with Crippen LogP contribution in [0.25, 0.3) is 0 Å². The summed E-state index contributed by atoms with van der Waals surface area (Å²) < 4.78 is 13.4. The van der Waals surface area contributed by atoms with Gasteiger partial charge in [0.1, 0.15) is 5.82 Å². The molecule has 0 aliphatic carbocycles. The zero-order valence-electron chi connectivity index (χ0n) is 12.4. The average Bonchev–Trinajstić information content (AvgIpc) is 2.68. The van der Waals surface area contributed by atoms with Crippen molar-refractivity contribution in [1.29, 1.82) is 0 Å². The maximum absolute atomic E-state index is 13.0. The first kappa shape index (κ1) is 16.9. The monoisotopic (exact) mass is 370 g/mol. The highest BCUT2D eigenvalue weighted by atomic mass is 79.9. The molecule has 1 aromatic carbocycles. The zero-order chi connectivity index (χ0) is 15.9. The van der Waals surface area contributed by atoms with Crippen molar-refractivity contribution >= 4 is 27.7 Å². The topological polar surface area (TPSA) is 49.4 Å². The van der Waals surface area contributed by atoms with Gasteiger partial charge in [-0.25, -0.2) is 4.39 Å². The Morgan fingerprint density at radius 1 is 1.32 bits per heavy atom. The third-order valence-corrected chi connectivity index (χ3v) is 4.39. The molecule has 1 saturated heterocycles. The SMILES string of the molecule is O=C(NCCCN1CCCCCC1=O)c1ccc(F)cc1Br. The second-order valence-corrected chi connectivity index (χ2v) is 6.28. The van der Waals surface area contributed by atoms with Gasteiger partial charge in [0.25, 0.3) is 5.91 Å². The number of halogens is 2. The first-order valence-electron chi connectivity index (χ1n) is 7.59. The molecule has 0 saturated carbocycles. The zero-order valence-corrected chi connectivity index (χ0v) is 14.0. The molecule has 2 amide bonds. The fraction of sp³-hybridized carbons (Fsp3) is 0.500. The van der Waals surface area contributed by atoms with Crippen LogP contribution in [0.15, 0.2) is 22.7 Å². The number of hydrogen-bond donors (Lipinski definition) is 1. The van der Waals surface area contributed by atoms with Crippen LogP contribution in [-0.2, 0) is 4.79 Å². The van der Waals surface area contributed by atoms with Gasteiger partial charge >= 0.3 is 0 Å². The van der Waals surface area contributed by atoms with Gasteiger partial charge in [0.2, 0.25) is 5.91 Å². The Hall–Kier alpha value is -1.43. The molecule has 0 aromatic heterocycles. The number of rotatable bonds is 5. The summed E-state index contributed by atoms with van der Waals surface area (Å²) in [6, 6.07) is 3.98. The number of nitrogens with zero attached hydrogens (tertiary/aromatic N) is 1. The summed E-state index contributed by atoms with van der Waals surface area (Å²) in [5.74, 6) is -0.415. The number of hydrogen-bond acceptors (Lipinski definition) is 2. The predicted octanol–water partition coefficient (Wildman–Crippen LogP) is 3.11. The summed E-state index contributed by atoms with van der Waals surface area (Å²) in [6.07, 6.45) is 4.49. The molecule has 1 aliphatic heterocycles. The highest BCUT2D eigenvalue weighted by Crippen LogP contribution is 2.17. The van der Waals surface area contributed by atoms with Gasteiger partial charge in [0.15, 0.2) is 0 Å². The van der Waals surface area contributed by atoms with Crippen molar-refractivity contribution in [2.24, 2.45) is 0 Å². The molecule has 1 N–H and O–H groups in total. The molecule has 4 nitrogen and oxygen atoms in total. The molecule has 120 valence electrons. The first-order chi connectivity index (χ1) is 10.6. The largest absolute Gasteiger partial charge is 0.352 e. The lowest BCUT2D eigenvalue weighted by Crippen LogP contribution is -2.34. The molecule has 0 radical (unpaired) electrons. The standard InChI is InChI=1S/C16H20BrFN2O2/c17-14-11-12(18)6-7-13(14)16(22)19-8-4-10-20-9-3-1-2-5-15(20)21/h6-7,11H,1-5,8-10H2,(H,19,22). The number of benzene rings is 1. The third-order valence-electron chi connectivity index (χ3n) is 3.74. The van der Waals surface area contributed by atoms with Gasteiger partial charge in [0, 0.05) is 30.5 Å². The Morgan fingerprint density at radius 2 is 2.14 bits per heavy atom. The molecule has 0 unspecified atom stereocenters. The molecule has 0 atom stereocenters. The van der Waals surface area contributed by atoms with Gasteiger partial charge in [-0.15, -0.1) is 0 Å². The Kier molecular flexibility index (Phi) is 6.36. The molecule has 22 heavy (non-hydrogen) atoms. The minimum absolute atomic E-state index is 0.213. The van der Waals surface area contributed by atoms with Crippen LogP contribution in [0.4, 0.5) is 4.39 Å². The van der Waals surface area contributed by atoms with E-state index in [2.05, 4.69) is 21.2 Å². The van der Waals surface area contributed by atoms with Crippen molar-refractivity contribution in [2.75, 3.05) is 19.6 Å². The molecule has 2 rings (SSSR count). The average molecular weight is 371 g/mol. The van der Waals surface area contributed by atoms with E-state index in [1.54, 1.807) is 0 Å². The van der Waals surface area contributed by atoms with Crippen molar-refractivity contribution in [1.82, 2.24) is 10.2 Å². The number of carbonyl (C=O) groups is 2. The molecular weight excluding hydrogens is 351 g/mol. The van der Waals surface area contributed by atoms with E-state index in [0.29, 0.717) is 29.5 Å². The minimum atomic E-state index is -0.386. The molecule has 0 bridgehead atoms. The summed E-state index contributed by atoms with van der Waals surface area (Å²) in [5.41, 5.74) is 0.409. The van der Waals surface area contributed by atoms with Crippen LogP contribution >= 0.6 is 15.9 Å². The number of likely N-dealkylation sites (tertiary alicyclic amines) is 1. The summed E-state index contributed by atoms with van der Waals surface area (Å²) in [6.45, 7) is 1.98. The summed E-state index contributed by atoms with van der Waals surface area (Å²) in [5, 5.41) is 2.80. The molecule has 6 heteroatoms. The Balaban J connectivity index is 1.76. The Morgan fingerprint density at radius 3 is 2.91 bits per heavy atom. The van der Waals surface area contributed by atoms with Gasteiger partial charge in [-0.1, -0.05) is 6.42 Å². The van der Waals surface area contributed by atoms with E-state index < -0.39 is 0 Å². The maximum Gasteiger partial charge on any atom is 0.252 e. The van der Waals surface area contributed by atoms with Crippen molar-refractivity contribution < 1.29 is 14.0 Å². The van der Waals surface area contributed by atoms with Gasteiger partial charge in [-0.05, 0) is 53.4 Å². The molecular formula is C16H20BrFN2O2. The third kappa shape index (κ3) is 4.80. The van der Waals surface area contributed by atoms with Crippen LogP contribution in [0.1, 0.15) is 42.5 Å². The highest BCUT2D eigenvalue weighted by Gasteiger charge is 2.16. The fourth-order valence-electron chi connectivity index (χ4n) is 2.52. The Bertz CT molecular complexity index is 551. The van der Waals surface area contributed by atoms with Crippen LogP contribution in [0, 0.1) is 5.82 Å². The maximum atomic E-state index is 13.0. The second kappa shape index (κ2) is 8.27. The van der Waals surface area contributed by atoms with Crippen LogP contribution < -0.4 is 5.32 Å². The molecule has 1 aliphatic rings. The van der Waals surface area contributed by atoms with Crippen molar-refractivity contribution in [3.8, 4) is 0 Å². The van der Waals surface area contributed by atoms with E-state index in [1.165, 1.54) is 18.2 Å². The van der Waals surface area contributed by atoms with Crippen LogP contribution in [-0.4, -0.2) is 36.3 Å². The van der Waals surface area contributed by atoms with Crippen LogP contribution in [0.3, 0.4) is 0 Å². The van der Waals surface area contributed by atoms with Crippen LogP contribution in [0.2, 0.25) is 0 Å². The number of amides is 2. The lowest BCUT2D eigenvalue weighted by atomic mass is 10.2. The van der Waals surface area contributed by atoms with E-state index in [1.807, 2.05) is 4.90 Å².